The Balaban J connectivity index is 2.53. The molecular formula is C10H7BrClN. The average Bonchev–Trinajstić information content (AvgIpc) is 2.56. The van der Waals surface area contributed by atoms with Gasteiger partial charge >= 0.3 is 0 Å². The van der Waals surface area contributed by atoms with E-state index in [1.165, 1.54) is 0 Å². The minimum Gasteiger partial charge on any atom is -0.322 e. The van der Waals surface area contributed by atoms with Crippen LogP contribution in [0.1, 0.15) is 0 Å². The molecule has 0 aliphatic heterocycles. The molecule has 0 saturated heterocycles. The Hall–Kier alpha value is -0.730. The fourth-order valence-electron chi connectivity index (χ4n) is 1.19. The summed E-state index contributed by atoms with van der Waals surface area (Å²) < 4.78 is 2.97. The van der Waals surface area contributed by atoms with Crippen LogP contribution in [-0.4, -0.2) is 4.57 Å². The molecular weight excluding hydrogens is 249 g/mol. The zero-order valence-electron chi connectivity index (χ0n) is 6.74. The number of hydrogen-bond donors (Lipinski definition) is 0. The van der Waals surface area contributed by atoms with Crippen LogP contribution in [0.2, 0.25) is 5.02 Å². The summed E-state index contributed by atoms with van der Waals surface area (Å²) in [5.74, 6) is 0. The van der Waals surface area contributed by atoms with Gasteiger partial charge in [0.15, 0.2) is 0 Å². The van der Waals surface area contributed by atoms with Gasteiger partial charge in [-0.2, -0.15) is 0 Å². The number of aromatic nitrogens is 1. The standard InChI is InChI=1S/C10H7BrClN/c11-8-3-4-10(9(12)7-8)13-5-1-2-6-13/h1-7H. The molecule has 2 rings (SSSR count). The van der Waals surface area contributed by atoms with Crippen LogP contribution < -0.4 is 0 Å². The Bertz CT molecular complexity index is 409. The predicted octanol–water partition coefficient (Wildman–Crippen LogP) is 3.89. The molecule has 1 aromatic heterocycles. The second-order valence-corrected chi connectivity index (χ2v) is 4.01. The molecule has 0 fully saturated rings. The molecule has 1 heterocycles. The lowest BCUT2D eigenvalue weighted by Gasteiger charge is -2.05. The molecule has 0 atom stereocenters. The highest BCUT2D eigenvalue weighted by Gasteiger charge is 2.01. The van der Waals surface area contributed by atoms with Crippen LogP contribution in [-0.2, 0) is 0 Å². The average molecular weight is 257 g/mol. The molecule has 0 aliphatic carbocycles. The van der Waals surface area contributed by atoms with E-state index in [4.69, 9.17) is 11.6 Å². The van der Waals surface area contributed by atoms with Crippen molar-refractivity contribution in [2.24, 2.45) is 0 Å². The summed E-state index contributed by atoms with van der Waals surface area (Å²) in [5, 5.41) is 0.741. The van der Waals surface area contributed by atoms with Gasteiger partial charge in [0.1, 0.15) is 0 Å². The fraction of sp³-hybridized carbons (Fsp3) is 0. The molecule has 0 amide bonds. The zero-order valence-corrected chi connectivity index (χ0v) is 9.09. The smallest absolute Gasteiger partial charge is 0.0657 e. The highest BCUT2D eigenvalue weighted by molar-refractivity contribution is 9.10. The fourth-order valence-corrected chi connectivity index (χ4v) is 1.96. The maximum Gasteiger partial charge on any atom is 0.0657 e. The largest absolute Gasteiger partial charge is 0.322 e. The van der Waals surface area contributed by atoms with Crippen molar-refractivity contribution in [2.45, 2.75) is 0 Å². The zero-order chi connectivity index (χ0) is 9.26. The SMILES string of the molecule is Clc1cc(Br)ccc1-n1cccc1. The van der Waals surface area contributed by atoms with E-state index in [9.17, 15) is 0 Å². The van der Waals surface area contributed by atoms with Gasteiger partial charge in [-0.25, -0.2) is 0 Å². The van der Waals surface area contributed by atoms with Gasteiger partial charge in [0.2, 0.25) is 0 Å². The minimum atomic E-state index is 0.741. The number of hydrogen-bond acceptors (Lipinski definition) is 0. The molecule has 0 unspecified atom stereocenters. The van der Waals surface area contributed by atoms with E-state index in [0.717, 1.165) is 15.2 Å². The van der Waals surface area contributed by atoms with Crippen molar-refractivity contribution in [3.63, 3.8) is 0 Å². The second kappa shape index (κ2) is 3.56. The van der Waals surface area contributed by atoms with Crippen molar-refractivity contribution < 1.29 is 0 Å². The van der Waals surface area contributed by atoms with E-state index in [2.05, 4.69) is 15.9 Å². The lowest BCUT2D eigenvalue weighted by atomic mass is 10.3. The number of benzene rings is 1. The van der Waals surface area contributed by atoms with Crippen LogP contribution >= 0.6 is 27.5 Å². The first-order valence-electron chi connectivity index (χ1n) is 3.86. The molecule has 0 aliphatic rings. The molecule has 0 saturated carbocycles. The highest BCUT2D eigenvalue weighted by Crippen LogP contribution is 2.24. The first-order chi connectivity index (χ1) is 6.27. The third-order valence-corrected chi connectivity index (χ3v) is 2.59. The maximum absolute atomic E-state index is 6.07. The van der Waals surface area contributed by atoms with Crippen molar-refractivity contribution in [3.8, 4) is 5.69 Å². The van der Waals surface area contributed by atoms with E-state index >= 15 is 0 Å². The van der Waals surface area contributed by atoms with Gasteiger partial charge in [0.25, 0.3) is 0 Å². The summed E-state index contributed by atoms with van der Waals surface area (Å²) in [4.78, 5) is 0. The normalized spacial score (nSPS) is 10.3. The summed E-state index contributed by atoms with van der Waals surface area (Å²) in [7, 11) is 0. The van der Waals surface area contributed by atoms with E-state index in [1.54, 1.807) is 0 Å². The van der Waals surface area contributed by atoms with Crippen LogP contribution in [0, 0.1) is 0 Å². The van der Waals surface area contributed by atoms with Crippen LogP contribution in [0.15, 0.2) is 47.2 Å². The molecule has 1 nitrogen and oxygen atoms in total. The van der Waals surface area contributed by atoms with Crippen molar-refractivity contribution >= 4 is 27.5 Å². The first kappa shape index (κ1) is 8.85. The third kappa shape index (κ3) is 1.79. The molecule has 66 valence electrons. The molecule has 0 radical (unpaired) electrons. The predicted molar refractivity (Wildman–Crippen MR) is 58.5 cm³/mol. The van der Waals surface area contributed by atoms with Crippen LogP contribution in [0.3, 0.4) is 0 Å². The molecule has 0 bridgehead atoms. The van der Waals surface area contributed by atoms with Crippen molar-refractivity contribution in [2.75, 3.05) is 0 Å². The molecule has 1 aromatic carbocycles. The van der Waals surface area contributed by atoms with E-state index in [1.807, 2.05) is 47.3 Å². The Kier molecular flexibility index (Phi) is 2.42. The maximum atomic E-state index is 6.07. The van der Waals surface area contributed by atoms with Crippen molar-refractivity contribution in [3.05, 3.63) is 52.2 Å². The van der Waals surface area contributed by atoms with Gasteiger partial charge < -0.3 is 4.57 Å². The van der Waals surface area contributed by atoms with E-state index in [-0.39, 0.29) is 0 Å². The molecule has 13 heavy (non-hydrogen) atoms. The van der Waals surface area contributed by atoms with Crippen molar-refractivity contribution in [1.29, 1.82) is 0 Å². The van der Waals surface area contributed by atoms with Crippen molar-refractivity contribution in [1.82, 2.24) is 4.57 Å². The Morgan fingerprint density at radius 2 is 1.85 bits per heavy atom. The summed E-state index contributed by atoms with van der Waals surface area (Å²) in [6, 6.07) is 9.78. The molecule has 0 spiro atoms. The number of halogens is 2. The van der Waals surface area contributed by atoms with Gasteiger partial charge in [0, 0.05) is 16.9 Å². The summed E-state index contributed by atoms with van der Waals surface area (Å²) in [6.45, 7) is 0. The van der Waals surface area contributed by atoms with Gasteiger partial charge in [-0.15, -0.1) is 0 Å². The topological polar surface area (TPSA) is 4.93 Å². The summed E-state index contributed by atoms with van der Waals surface area (Å²) >= 11 is 9.44. The van der Waals surface area contributed by atoms with Gasteiger partial charge in [-0.1, -0.05) is 27.5 Å². The van der Waals surface area contributed by atoms with Gasteiger partial charge in [-0.05, 0) is 30.3 Å². The third-order valence-electron chi connectivity index (χ3n) is 1.79. The lowest BCUT2D eigenvalue weighted by molar-refractivity contribution is 1.08. The highest BCUT2D eigenvalue weighted by atomic mass is 79.9. The number of nitrogens with zero attached hydrogens (tertiary/aromatic N) is 1. The Morgan fingerprint density at radius 3 is 2.46 bits per heavy atom. The lowest BCUT2D eigenvalue weighted by Crippen LogP contribution is -1.89. The molecule has 3 heteroatoms. The Labute approximate surface area is 90.1 Å². The monoisotopic (exact) mass is 255 g/mol. The summed E-state index contributed by atoms with van der Waals surface area (Å²) in [5.41, 5.74) is 0.995. The van der Waals surface area contributed by atoms with E-state index < -0.39 is 0 Å². The molecule has 0 N–H and O–H groups in total. The van der Waals surface area contributed by atoms with E-state index in [0.29, 0.717) is 0 Å². The minimum absolute atomic E-state index is 0.741. The molecule has 2 aromatic rings. The quantitative estimate of drug-likeness (QED) is 0.729. The number of rotatable bonds is 1. The first-order valence-corrected chi connectivity index (χ1v) is 5.03. The van der Waals surface area contributed by atoms with Gasteiger partial charge in [0.05, 0.1) is 10.7 Å². The summed E-state index contributed by atoms with van der Waals surface area (Å²) in [6.07, 6.45) is 3.93. The Morgan fingerprint density at radius 1 is 1.15 bits per heavy atom. The van der Waals surface area contributed by atoms with Crippen LogP contribution in [0.4, 0.5) is 0 Å². The van der Waals surface area contributed by atoms with Crippen LogP contribution in [0.25, 0.3) is 5.69 Å². The second-order valence-electron chi connectivity index (χ2n) is 2.69. The van der Waals surface area contributed by atoms with Gasteiger partial charge in [-0.3, -0.25) is 0 Å². The van der Waals surface area contributed by atoms with Crippen LogP contribution in [0.5, 0.6) is 0 Å².